The lowest BCUT2D eigenvalue weighted by Crippen LogP contribution is -2.18. The summed E-state index contributed by atoms with van der Waals surface area (Å²) in [4.78, 5) is 17.8. The highest BCUT2D eigenvalue weighted by Crippen LogP contribution is 2.19. The second-order valence-corrected chi connectivity index (χ2v) is 6.22. The number of aromatic nitrogens is 6. The standard InChI is InChI=1S/C20H20N8/c1-3-22-14(2)25-19-7-6-17-20(27-19)26-18(11-23-17)16-10-24-28(13-16)12-15-5-4-8-21-9-15/h4-11,13,22H,2-3,12H2,1H3,(H,25,26,27). The first-order chi connectivity index (χ1) is 13.7. The van der Waals surface area contributed by atoms with Gasteiger partial charge in [0.25, 0.3) is 0 Å². The largest absolute Gasteiger partial charge is 0.372 e. The number of nitrogens with one attached hydrogen (secondary N) is 2. The highest BCUT2D eigenvalue weighted by molar-refractivity contribution is 5.75. The first-order valence-corrected chi connectivity index (χ1v) is 8.96. The van der Waals surface area contributed by atoms with Crippen molar-refractivity contribution >= 4 is 17.0 Å². The van der Waals surface area contributed by atoms with Crippen molar-refractivity contribution in [2.75, 3.05) is 11.9 Å². The molecule has 8 nitrogen and oxygen atoms in total. The number of pyridine rings is 2. The maximum absolute atomic E-state index is 4.65. The van der Waals surface area contributed by atoms with Crippen LogP contribution in [0.3, 0.4) is 0 Å². The van der Waals surface area contributed by atoms with Crippen LogP contribution in [-0.4, -0.2) is 36.3 Å². The van der Waals surface area contributed by atoms with Gasteiger partial charge in [-0.15, -0.1) is 0 Å². The number of fused-ring (bicyclic) bond motifs is 1. The molecule has 4 heterocycles. The van der Waals surface area contributed by atoms with Gasteiger partial charge in [-0.3, -0.25) is 14.6 Å². The van der Waals surface area contributed by atoms with Crippen molar-refractivity contribution in [3.05, 3.63) is 73.2 Å². The molecular weight excluding hydrogens is 352 g/mol. The Kier molecular flexibility index (Phi) is 4.92. The lowest BCUT2D eigenvalue weighted by atomic mass is 10.2. The second kappa shape index (κ2) is 7.83. The van der Waals surface area contributed by atoms with Crippen LogP contribution in [0.25, 0.3) is 22.4 Å². The summed E-state index contributed by atoms with van der Waals surface area (Å²) in [5.41, 5.74) is 3.98. The van der Waals surface area contributed by atoms with E-state index >= 15 is 0 Å². The zero-order chi connectivity index (χ0) is 19.3. The van der Waals surface area contributed by atoms with E-state index in [-0.39, 0.29) is 0 Å². The lowest BCUT2D eigenvalue weighted by molar-refractivity contribution is 0.685. The van der Waals surface area contributed by atoms with Gasteiger partial charge in [0.2, 0.25) is 0 Å². The fourth-order valence-electron chi connectivity index (χ4n) is 2.78. The molecule has 0 atom stereocenters. The molecule has 28 heavy (non-hydrogen) atoms. The fourth-order valence-corrected chi connectivity index (χ4v) is 2.78. The van der Waals surface area contributed by atoms with Gasteiger partial charge >= 0.3 is 0 Å². The van der Waals surface area contributed by atoms with Crippen molar-refractivity contribution in [3.8, 4) is 11.3 Å². The van der Waals surface area contributed by atoms with Crippen LogP contribution in [0.2, 0.25) is 0 Å². The molecule has 0 bridgehead atoms. The van der Waals surface area contributed by atoms with Gasteiger partial charge in [-0.25, -0.2) is 9.97 Å². The van der Waals surface area contributed by atoms with Crippen LogP contribution in [0.4, 0.5) is 5.82 Å². The van der Waals surface area contributed by atoms with Crippen molar-refractivity contribution in [1.82, 2.24) is 35.0 Å². The molecule has 0 amide bonds. The zero-order valence-corrected chi connectivity index (χ0v) is 15.5. The number of hydrogen-bond donors (Lipinski definition) is 2. The molecule has 4 aromatic heterocycles. The number of rotatable bonds is 7. The van der Waals surface area contributed by atoms with E-state index in [1.54, 1.807) is 18.6 Å². The number of anilines is 1. The summed E-state index contributed by atoms with van der Waals surface area (Å²) in [7, 11) is 0. The van der Waals surface area contributed by atoms with E-state index in [0.717, 1.165) is 28.9 Å². The van der Waals surface area contributed by atoms with Gasteiger partial charge in [-0.05, 0) is 30.7 Å². The molecule has 0 aliphatic carbocycles. The maximum atomic E-state index is 4.65. The topological polar surface area (TPSA) is 93.4 Å². The van der Waals surface area contributed by atoms with Gasteiger partial charge in [0.15, 0.2) is 5.65 Å². The molecule has 8 heteroatoms. The van der Waals surface area contributed by atoms with Crippen molar-refractivity contribution in [2.45, 2.75) is 13.5 Å². The molecule has 0 saturated carbocycles. The SMILES string of the molecule is C=C(NCC)Nc1ccc2ncc(-c3cnn(Cc4cccnc4)c3)nc2n1. The summed E-state index contributed by atoms with van der Waals surface area (Å²) in [6, 6.07) is 7.66. The molecule has 0 aromatic carbocycles. The smallest absolute Gasteiger partial charge is 0.180 e. The highest BCUT2D eigenvalue weighted by Gasteiger charge is 2.08. The molecule has 0 radical (unpaired) electrons. The highest BCUT2D eigenvalue weighted by atomic mass is 15.3. The summed E-state index contributed by atoms with van der Waals surface area (Å²) in [6.45, 7) is 7.35. The van der Waals surface area contributed by atoms with E-state index in [1.807, 2.05) is 48.3 Å². The Morgan fingerprint density at radius 3 is 2.89 bits per heavy atom. The normalized spacial score (nSPS) is 10.8. The average Bonchev–Trinajstić information content (AvgIpc) is 3.17. The Morgan fingerprint density at radius 1 is 1.14 bits per heavy atom. The van der Waals surface area contributed by atoms with Gasteiger partial charge in [0.1, 0.15) is 11.3 Å². The Hall–Kier alpha value is -3.81. The quantitative estimate of drug-likeness (QED) is 0.515. The van der Waals surface area contributed by atoms with Crippen molar-refractivity contribution < 1.29 is 0 Å². The maximum Gasteiger partial charge on any atom is 0.180 e. The van der Waals surface area contributed by atoms with Crippen LogP contribution < -0.4 is 10.6 Å². The molecule has 0 aliphatic rings. The molecule has 4 rings (SSSR count). The molecule has 4 aromatic rings. The Balaban J connectivity index is 1.57. The minimum Gasteiger partial charge on any atom is -0.372 e. The van der Waals surface area contributed by atoms with Crippen molar-refractivity contribution in [2.24, 2.45) is 0 Å². The zero-order valence-electron chi connectivity index (χ0n) is 15.5. The van der Waals surface area contributed by atoms with Crippen LogP contribution in [0.15, 0.2) is 67.6 Å². The van der Waals surface area contributed by atoms with Crippen molar-refractivity contribution in [3.63, 3.8) is 0 Å². The minimum absolute atomic E-state index is 0.562. The van der Waals surface area contributed by atoms with Crippen LogP contribution in [-0.2, 0) is 6.54 Å². The Bertz CT molecular complexity index is 1100. The molecule has 2 N–H and O–H groups in total. The van der Waals surface area contributed by atoms with Crippen LogP contribution in [0.1, 0.15) is 12.5 Å². The van der Waals surface area contributed by atoms with Crippen LogP contribution >= 0.6 is 0 Å². The summed E-state index contributed by atoms with van der Waals surface area (Å²) in [5, 5.41) is 10.6. The van der Waals surface area contributed by atoms with E-state index in [0.29, 0.717) is 23.8 Å². The van der Waals surface area contributed by atoms with Gasteiger partial charge in [0, 0.05) is 30.7 Å². The third-order valence-corrected chi connectivity index (χ3v) is 4.07. The fraction of sp³-hybridized carbons (Fsp3) is 0.150. The van der Waals surface area contributed by atoms with Crippen molar-refractivity contribution in [1.29, 1.82) is 0 Å². The van der Waals surface area contributed by atoms with E-state index in [1.165, 1.54) is 0 Å². The summed E-state index contributed by atoms with van der Waals surface area (Å²) in [6.07, 6.45) is 9.04. The van der Waals surface area contributed by atoms with Gasteiger partial charge in [-0.1, -0.05) is 12.6 Å². The predicted octanol–water partition coefficient (Wildman–Crippen LogP) is 2.82. The summed E-state index contributed by atoms with van der Waals surface area (Å²) < 4.78 is 1.85. The van der Waals surface area contributed by atoms with Gasteiger partial charge in [-0.2, -0.15) is 5.10 Å². The van der Waals surface area contributed by atoms with E-state index in [2.05, 4.69) is 42.2 Å². The van der Waals surface area contributed by atoms with Crippen LogP contribution in [0, 0.1) is 0 Å². The van der Waals surface area contributed by atoms with E-state index < -0.39 is 0 Å². The number of nitrogens with zero attached hydrogens (tertiary/aromatic N) is 6. The first kappa shape index (κ1) is 17.6. The summed E-state index contributed by atoms with van der Waals surface area (Å²) >= 11 is 0. The molecule has 0 saturated heterocycles. The first-order valence-electron chi connectivity index (χ1n) is 8.96. The molecule has 0 spiro atoms. The monoisotopic (exact) mass is 372 g/mol. The molecule has 0 fully saturated rings. The molecule has 0 unspecified atom stereocenters. The molecule has 0 aliphatic heterocycles. The van der Waals surface area contributed by atoms with Gasteiger partial charge < -0.3 is 10.6 Å². The minimum atomic E-state index is 0.562. The molecular formula is C20H20N8. The predicted molar refractivity (Wildman–Crippen MR) is 108 cm³/mol. The third-order valence-electron chi connectivity index (χ3n) is 4.07. The summed E-state index contributed by atoms with van der Waals surface area (Å²) in [5.74, 6) is 1.35. The Labute approximate surface area is 162 Å². The average molecular weight is 372 g/mol. The molecule has 140 valence electrons. The lowest BCUT2D eigenvalue weighted by Gasteiger charge is -2.10. The number of hydrogen-bond acceptors (Lipinski definition) is 7. The third kappa shape index (κ3) is 3.96. The second-order valence-electron chi connectivity index (χ2n) is 6.22. The van der Waals surface area contributed by atoms with Gasteiger partial charge in [0.05, 0.1) is 30.5 Å². The van der Waals surface area contributed by atoms with Crippen LogP contribution in [0.5, 0.6) is 0 Å². The van der Waals surface area contributed by atoms with E-state index in [4.69, 9.17) is 0 Å². The Morgan fingerprint density at radius 2 is 2.07 bits per heavy atom. The van der Waals surface area contributed by atoms with E-state index in [9.17, 15) is 0 Å².